The third-order valence-electron chi connectivity index (χ3n) is 5.52. The summed E-state index contributed by atoms with van der Waals surface area (Å²) in [5.74, 6) is 1.42. The Kier molecular flexibility index (Phi) is 6.24. The van der Waals surface area contributed by atoms with Crippen LogP contribution in [0.3, 0.4) is 0 Å². The van der Waals surface area contributed by atoms with Crippen LogP contribution in [0.15, 0.2) is 36.4 Å². The van der Waals surface area contributed by atoms with E-state index in [-0.39, 0.29) is 0 Å². The summed E-state index contributed by atoms with van der Waals surface area (Å²) in [6, 6.07) is 12.0. The second-order valence-electron chi connectivity index (χ2n) is 7.13. The normalized spacial score (nSPS) is 16.3. The zero-order chi connectivity index (χ0) is 19.4. The van der Waals surface area contributed by atoms with E-state index < -0.39 is 6.10 Å². The van der Waals surface area contributed by atoms with Gasteiger partial charge >= 0.3 is 0 Å². The van der Waals surface area contributed by atoms with E-state index in [1.807, 2.05) is 18.2 Å². The number of rotatable bonds is 6. The minimum atomic E-state index is -0.609. The molecular weight excluding hydrogens is 340 g/mol. The first-order valence-corrected chi connectivity index (χ1v) is 9.47. The first-order chi connectivity index (χ1) is 13.0. The molecule has 146 valence electrons. The quantitative estimate of drug-likeness (QED) is 0.846. The molecule has 27 heavy (non-hydrogen) atoms. The first-order valence-electron chi connectivity index (χ1n) is 9.47. The van der Waals surface area contributed by atoms with Crippen molar-refractivity contribution in [3.63, 3.8) is 0 Å². The summed E-state index contributed by atoms with van der Waals surface area (Å²) in [6.45, 7) is 8.72. The van der Waals surface area contributed by atoms with Crippen LogP contribution in [-0.4, -0.2) is 56.9 Å². The number of ether oxygens (including phenoxy) is 2. The Morgan fingerprint density at radius 3 is 2.41 bits per heavy atom. The van der Waals surface area contributed by atoms with Crippen molar-refractivity contribution in [1.82, 2.24) is 4.90 Å². The van der Waals surface area contributed by atoms with E-state index in [4.69, 9.17) is 9.47 Å². The maximum absolute atomic E-state index is 10.8. The van der Waals surface area contributed by atoms with Gasteiger partial charge in [-0.1, -0.05) is 12.1 Å². The van der Waals surface area contributed by atoms with Crippen molar-refractivity contribution in [2.45, 2.75) is 20.0 Å². The molecule has 0 aliphatic carbocycles. The van der Waals surface area contributed by atoms with Gasteiger partial charge < -0.3 is 19.5 Å². The SMILES string of the molecule is COc1ccc(OC)c(C(O)CN2CCN(c3cccc(C)c3C)CC2)c1. The van der Waals surface area contributed by atoms with Gasteiger partial charge in [-0.2, -0.15) is 0 Å². The van der Waals surface area contributed by atoms with Crippen molar-refractivity contribution in [3.05, 3.63) is 53.1 Å². The zero-order valence-electron chi connectivity index (χ0n) is 16.7. The van der Waals surface area contributed by atoms with Gasteiger partial charge in [-0.05, 0) is 49.2 Å². The lowest BCUT2D eigenvalue weighted by molar-refractivity contribution is 0.107. The molecule has 1 fully saturated rings. The maximum atomic E-state index is 10.8. The monoisotopic (exact) mass is 370 g/mol. The van der Waals surface area contributed by atoms with E-state index in [2.05, 4.69) is 41.8 Å². The average molecular weight is 370 g/mol. The van der Waals surface area contributed by atoms with E-state index in [9.17, 15) is 5.11 Å². The Labute approximate surface area is 162 Å². The summed E-state index contributed by atoms with van der Waals surface area (Å²) in [5.41, 5.74) is 4.78. The van der Waals surface area contributed by atoms with Crippen molar-refractivity contribution < 1.29 is 14.6 Å². The molecule has 0 saturated carbocycles. The number of aliphatic hydroxyl groups is 1. The highest BCUT2D eigenvalue weighted by Gasteiger charge is 2.23. The maximum Gasteiger partial charge on any atom is 0.124 e. The van der Waals surface area contributed by atoms with Crippen LogP contribution >= 0.6 is 0 Å². The van der Waals surface area contributed by atoms with Crippen molar-refractivity contribution in [2.24, 2.45) is 0 Å². The number of β-amino-alcohol motifs (C(OH)–C–C–N with tert-alkyl or cyclic N) is 1. The van der Waals surface area contributed by atoms with Gasteiger partial charge in [0, 0.05) is 44.0 Å². The average Bonchev–Trinajstić information content (AvgIpc) is 2.70. The predicted octanol–water partition coefficient (Wildman–Crippen LogP) is 3.18. The summed E-state index contributed by atoms with van der Waals surface area (Å²) >= 11 is 0. The van der Waals surface area contributed by atoms with Gasteiger partial charge in [-0.25, -0.2) is 0 Å². The molecule has 2 aromatic rings. The van der Waals surface area contributed by atoms with Gasteiger partial charge in [0.05, 0.1) is 20.3 Å². The van der Waals surface area contributed by atoms with E-state index in [0.717, 1.165) is 37.5 Å². The second-order valence-corrected chi connectivity index (χ2v) is 7.13. The molecule has 1 aliphatic rings. The van der Waals surface area contributed by atoms with Crippen molar-refractivity contribution in [2.75, 3.05) is 51.8 Å². The Morgan fingerprint density at radius 1 is 1.00 bits per heavy atom. The van der Waals surface area contributed by atoms with Crippen molar-refractivity contribution in [3.8, 4) is 11.5 Å². The Morgan fingerprint density at radius 2 is 1.74 bits per heavy atom. The van der Waals surface area contributed by atoms with Gasteiger partial charge in [-0.3, -0.25) is 4.90 Å². The number of aryl methyl sites for hydroxylation is 1. The summed E-state index contributed by atoms with van der Waals surface area (Å²) in [5, 5.41) is 10.8. The molecule has 1 aliphatic heterocycles. The predicted molar refractivity (Wildman–Crippen MR) is 109 cm³/mol. The first kappa shape index (κ1) is 19.5. The molecule has 0 aromatic heterocycles. The molecule has 0 amide bonds. The second kappa shape index (κ2) is 8.63. The summed E-state index contributed by atoms with van der Waals surface area (Å²) in [6.07, 6.45) is -0.609. The smallest absolute Gasteiger partial charge is 0.124 e. The number of piperazine rings is 1. The van der Waals surface area contributed by atoms with Gasteiger partial charge in [-0.15, -0.1) is 0 Å². The van der Waals surface area contributed by atoms with E-state index in [0.29, 0.717) is 12.3 Å². The largest absolute Gasteiger partial charge is 0.497 e. The minimum absolute atomic E-state index is 0.587. The number of methoxy groups -OCH3 is 2. The number of hydrogen-bond donors (Lipinski definition) is 1. The highest BCUT2D eigenvalue weighted by atomic mass is 16.5. The fourth-order valence-electron chi connectivity index (χ4n) is 3.69. The van der Waals surface area contributed by atoms with Crippen LogP contribution in [0.1, 0.15) is 22.8 Å². The molecule has 2 aromatic carbocycles. The molecule has 3 rings (SSSR count). The highest BCUT2D eigenvalue weighted by molar-refractivity contribution is 5.56. The van der Waals surface area contributed by atoms with E-state index >= 15 is 0 Å². The molecule has 5 nitrogen and oxygen atoms in total. The number of anilines is 1. The molecular formula is C22H30N2O3. The van der Waals surface area contributed by atoms with Crippen molar-refractivity contribution >= 4 is 5.69 Å². The molecule has 0 spiro atoms. The molecule has 1 heterocycles. The van der Waals surface area contributed by atoms with Crippen LogP contribution in [0.2, 0.25) is 0 Å². The third kappa shape index (κ3) is 4.37. The molecule has 5 heteroatoms. The lowest BCUT2D eigenvalue weighted by atomic mass is 10.1. The Bertz CT molecular complexity index is 770. The fraction of sp³-hybridized carbons (Fsp3) is 0.455. The van der Waals surface area contributed by atoms with Crippen LogP contribution in [0.4, 0.5) is 5.69 Å². The Hall–Kier alpha value is -2.24. The molecule has 1 N–H and O–H groups in total. The van der Waals surface area contributed by atoms with Gasteiger partial charge in [0.1, 0.15) is 11.5 Å². The van der Waals surface area contributed by atoms with Crippen LogP contribution in [0, 0.1) is 13.8 Å². The van der Waals surface area contributed by atoms with Gasteiger partial charge in [0.2, 0.25) is 0 Å². The molecule has 1 unspecified atom stereocenters. The van der Waals surface area contributed by atoms with Crippen LogP contribution in [-0.2, 0) is 0 Å². The Balaban J connectivity index is 1.63. The number of benzene rings is 2. The third-order valence-corrected chi connectivity index (χ3v) is 5.52. The van der Waals surface area contributed by atoms with Gasteiger partial charge in [0.25, 0.3) is 0 Å². The summed E-state index contributed by atoms with van der Waals surface area (Å²) in [4.78, 5) is 4.75. The van der Waals surface area contributed by atoms with Crippen molar-refractivity contribution in [1.29, 1.82) is 0 Å². The minimum Gasteiger partial charge on any atom is -0.497 e. The number of hydrogen-bond acceptors (Lipinski definition) is 5. The standard InChI is InChI=1S/C22H30N2O3/c1-16-6-5-7-20(17(16)2)24-12-10-23(11-13-24)15-21(25)19-14-18(26-3)8-9-22(19)27-4/h5-9,14,21,25H,10-13,15H2,1-4H3. The fourth-order valence-corrected chi connectivity index (χ4v) is 3.69. The van der Waals surface area contributed by atoms with Crippen LogP contribution in [0.25, 0.3) is 0 Å². The van der Waals surface area contributed by atoms with E-state index in [1.165, 1.54) is 16.8 Å². The topological polar surface area (TPSA) is 45.2 Å². The lowest BCUT2D eigenvalue weighted by Gasteiger charge is -2.37. The molecule has 1 saturated heterocycles. The lowest BCUT2D eigenvalue weighted by Crippen LogP contribution is -2.47. The van der Waals surface area contributed by atoms with E-state index in [1.54, 1.807) is 14.2 Å². The molecule has 0 radical (unpaired) electrons. The summed E-state index contributed by atoms with van der Waals surface area (Å²) < 4.78 is 10.7. The zero-order valence-corrected chi connectivity index (χ0v) is 16.7. The summed E-state index contributed by atoms with van der Waals surface area (Å²) in [7, 11) is 3.26. The highest BCUT2D eigenvalue weighted by Crippen LogP contribution is 2.30. The molecule has 1 atom stereocenters. The van der Waals surface area contributed by atoms with Gasteiger partial charge in [0.15, 0.2) is 0 Å². The number of aliphatic hydroxyl groups excluding tert-OH is 1. The van der Waals surface area contributed by atoms with Crippen LogP contribution in [0.5, 0.6) is 11.5 Å². The molecule has 0 bridgehead atoms. The number of nitrogens with zero attached hydrogens (tertiary/aromatic N) is 2. The van der Waals surface area contributed by atoms with Crippen LogP contribution < -0.4 is 14.4 Å².